The largest absolute Gasteiger partial charge is 0.490 e. The zero-order valence-electron chi connectivity index (χ0n) is 16.4. The van der Waals surface area contributed by atoms with Crippen molar-refractivity contribution in [3.63, 3.8) is 0 Å². The molecule has 9 nitrogen and oxygen atoms in total. The van der Waals surface area contributed by atoms with Crippen LogP contribution in [0.25, 0.3) is 10.6 Å². The van der Waals surface area contributed by atoms with Crippen LogP contribution in [0, 0.1) is 0 Å². The number of carbonyl (C=O) groups excluding carboxylic acids is 2. The molecule has 2 aliphatic heterocycles. The van der Waals surface area contributed by atoms with Gasteiger partial charge < -0.3 is 25.4 Å². The minimum Gasteiger partial charge on any atom is -0.490 e. The van der Waals surface area contributed by atoms with Crippen LogP contribution < -0.4 is 10.5 Å². The van der Waals surface area contributed by atoms with Crippen LogP contribution in [0.5, 0.6) is 5.75 Å². The molecule has 1 saturated heterocycles. The number of amides is 2. The minimum absolute atomic E-state index is 0.186. The first-order valence-electron chi connectivity index (χ1n) is 9.59. The number of aliphatic hydroxyl groups excluding tert-OH is 1. The average molecular weight is 420 g/mol. The molecule has 2 amide bonds. The molecule has 4 rings (SSSR count). The summed E-state index contributed by atoms with van der Waals surface area (Å²) < 4.78 is 7.58. The first-order chi connectivity index (χ1) is 13.8. The molecular weight excluding hydrogens is 394 g/mol. The van der Waals surface area contributed by atoms with Crippen molar-refractivity contribution in [2.24, 2.45) is 12.8 Å². The second kappa shape index (κ2) is 7.77. The Bertz CT molecular complexity index is 926. The highest BCUT2D eigenvalue weighted by Gasteiger charge is 2.37. The number of ether oxygens (including phenoxy) is 1. The number of aryl methyl sites for hydroxylation is 1. The van der Waals surface area contributed by atoms with E-state index in [0.29, 0.717) is 36.5 Å². The van der Waals surface area contributed by atoms with Crippen LogP contribution in [0.15, 0.2) is 17.5 Å². The average Bonchev–Trinajstić information content (AvgIpc) is 3.40. The van der Waals surface area contributed by atoms with Crippen LogP contribution in [0.4, 0.5) is 0 Å². The summed E-state index contributed by atoms with van der Waals surface area (Å²) >= 11 is 1.48. The third kappa shape index (κ3) is 3.75. The van der Waals surface area contributed by atoms with E-state index in [2.05, 4.69) is 5.10 Å². The summed E-state index contributed by atoms with van der Waals surface area (Å²) in [6.45, 7) is 0.848. The van der Waals surface area contributed by atoms with Crippen molar-refractivity contribution < 1.29 is 19.4 Å². The quantitative estimate of drug-likeness (QED) is 0.635. The van der Waals surface area contributed by atoms with Gasteiger partial charge in [-0.3, -0.25) is 14.3 Å². The Hall–Kier alpha value is -2.43. The van der Waals surface area contributed by atoms with Crippen LogP contribution in [0.1, 0.15) is 23.3 Å². The van der Waals surface area contributed by atoms with Gasteiger partial charge in [-0.15, -0.1) is 11.3 Å². The topological polar surface area (TPSA) is 114 Å². The number of nitrogens with two attached hydrogens (primary N) is 1. The van der Waals surface area contributed by atoms with Crippen molar-refractivity contribution >= 4 is 23.2 Å². The monoisotopic (exact) mass is 419 g/mol. The lowest BCUT2D eigenvalue weighted by Crippen LogP contribution is -2.49. The van der Waals surface area contributed by atoms with E-state index < -0.39 is 12.1 Å². The van der Waals surface area contributed by atoms with E-state index in [-0.39, 0.29) is 31.0 Å². The summed E-state index contributed by atoms with van der Waals surface area (Å²) in [6, 6.07) is 2.61. The van der Waals surface area contributed by atoms with Crippen LogP contribution in [0.2, 0.25) is 0 Å². The number of carbonyl (C=O) groups is 2. The number of rotatable bonds is 0. The van der Waals surface area contributed by atoms with E-state index in [1.165, 1.54) is 11.3 Å². The van der Waals surface area contributed by atoms with Gasteiger partial charge in [0.25, 0.3) is 5.91 Å². The SMILES string of the molecule is CN1CCC(N)C(=O)N2CC(O)CC2COc2ccsc2-c2cc(n(C)n2)C1=O. The Morgan fingerprint density at radius 1 is 1.34 bits per heavy atom. The molecule has 0 spiro atoms. The van der Waals surface area contributed by atoms with E-state index >= 15 is 0 Å². The summed E-state index contributed by atoms with van der Waals surface area (Å²) in [5.74, 6) is 0.237. The summed E-state index contributed by atoms with van der Waals surface area (Å²) in [4.78, 5) is 29.7. The van der Waals surface area contributed by atoms with Crippen molar-refractivity contribution in [3.05, 3.63) is 23.2 Å². The second-order valence-corrected chi connectivity index (χ2v) is 8.54. The number of nitrogens with zero attached hydrogens (tertiary/aromatic N) is 4. The Balaban J connectivity index is 1.70. The van der Waals surface area contributed by atoms with Gasteiger partial charge in [0, 0.05) is 27.2 Å². The number of aromatic nitrogens is 2. The Morgan fingerprint density at radius 3 is 2.93 bits per heavy atom. The van der Waals surface area contributed by atoms with Gasteiger partial charge in [-0.05, 0) is 30.4 Å². The summed E-state index contributed by atoms with van der Waals surface area (Å²) in [6.07, 6.45) is 0.187. The molecule has 4 heterocycles. The van der Waals surface area contributed by atoms with Crippen LogP contribution in [-0.4, -0.2) is 81.4 Å². The lowest BCUT2D eigenvalue weighted by molar-refractivity contribution is -0.134. The lowest BCUT2D eigenvalue weighted by atomic mass is 10.1. The highest BCUT2D eigenvalue weighted by Crippen LogP contribution is 2.36. The minimum atomic E-state index is -0.748. The van der Waals surface area contributed by atoms with Gasteiger partial charge in [-0.1, -0.05) is 0 Å². The zero-order chi connectivity index (χ0) is 20.7. The fourth-order valence-corrected chi connectivity index (χ4v) is 4.64. The predicted octanol–water partition coefficient (Wildman–Crippen LogP) is 0.292. The number of fused-ring (bicyclic) bond motifs is 5. The van der Waals surface area contributed by atoms with Crippen molar-refractivity contribution in [3.8, 4) is 16.3 Å². The zero-order valence-corrected chi connectivity index (χ0v) is 17.3. The molecule has 3 atom stereocenters. The maximum Gasteiger partial charge on any atom is 0.271 e. The van der Waals surface area contributed by atoms with Gasteiger partial charge in [-0.25, -0.2) is 0 Å². The highest BCUT2D eigenvalue weighted by molar-refractivity contribution is 7.14. The standard InChI is InChI=1S/C19H25N5O4S/c1-22-5-3-13(20)18(26)24-9-12(25)7-11(24)10-28-16-4-6-29-17(16)14-8-15(19(22)27)23(2)21-14/h4,6,8,11-13,25H,3,5,7,9-10,20H2,1-2H3. The highest BCUT2D eigenvalue weighted by atomic mass is 32.1. The first-order valence-corrected chi connectivity index (χ1v) is 10.5. The Labute approximate surface area is 172 Å². The molecule has 3 N–H and O–H groups in total. The van der Waals surface area contributed by atoms with Crippen LogP contribution >= 0.6 is 11.3 Å². The van der Waals surface area contributed by atoms with Gasteiger partial charge in [-0.2, -0.15) is 5.10 Å². The second-order valence-electron chi connectivity index (χ2n) is 7.62. The summed E-state index contributed by atoms with van der Waals surface area (Å²) in [5, 5.41) is 16.5. The van der Waals surface area contributed by atoms with E-state index in [0.717, 1.165) is 4.88 Å². The molecule has 29 heavy (non-hydrogen) atoms. The predicted molar refractivity (Wildman–Crippen MR) is 108 cm³/mol. The Kier molecular flexibility index (Phi) is 5.32. The van der Waals surface area contributed by atoms with Crippen molar-refractivity contribution in [2.45, 2.75) is 31.0 Å². The third-order valence-corrected chi connectivity index (χ3v) is 6.42. The molecule has 1 fully saturated rings. The molecule has 0 aliphatic carbocycles. The molecular formula is C19H25N5O4S. The van der Waals surface area contributed by atoms with Gasteiger partial charge in [0.1, 0.15) is 23.7 Å². The maximum atomic E-state index is 12.9. The summed E-state index contributed by atoms with van der Waals surface area (Å²) in [5.41, 5.74) is 7.26. The molecule has 10 heteroatoms. The molecule has 0 saturated carbocycles. The van der Waals surface area contributed by atoms with Crippen LogP contribution in [0.3, 0.4) is 0 Å². The van der Waals surface area contributed by atoms with Crippen LogP contribution in [-0.2, 0) is 11.8 Å². The smallest absolute Gasteiger partial charge is 0.271 e. The van der Waals surface area contributed by atoms with Gasteiger partial charge in [0.15, 0.2) is 0 Å². The van der Waals surface area contributed by atoms with E-state index in [1.54, 1.807) is 34.6 Å². The number of hydrogen-bond donors (Lipinski definition) is 2. The molecule has 2 bridgehead atoms. The van der Waals surface area contributed by atoms with Crippen molar-refractivity contribution in [1.29, 1.82) is 0 Å². The van der Waals surface area contributed by atoms with Gasteiger partial charge in [0.05, 0.1) is 23.1 Å². The van der Waals surface area contributed by atoms with Crippen molar-refractivity contribution in [1.82, 2.24) is 19.6 Å². The molecule has 0 aromatic carbocycles. The number of aliphatic hydroxyl groups is 1. The van der Waals surface area contributed by atoms with Gasteiger partial charge >= 0.3 is 0 Å². The fraction of sp³-hybridized carbons (Fsp3) is 0.526. The van der Waals surface area contributed by atoms with E-state index in [4.69, 9.17) is 10.5 Å². The Morgan fingerprint density at radius 2 is 2.14 bits per heavy atom. The molecule has 2 aliphatic rings. The summed E-state index contributed by atoms with van der Waals surface area (Å²) in [7, 11) is 3.42. The fourth-order valence-electron chi connectivity index (χ4n) is 3.85. The molecule has 0 radical (unpaired) electrons. The van der Waals surface area contributed by atoms with Gasteiger partial charge in [0.2, 0.25) is 5.91 Å². The number of hydrogen-bond acceptors (Lipinski definition) is 7. The molecule has 2 aromatic heterocycles. The normalized spacial score (nSPS) is 25.9. The first kappa shape index (κ1) is 19.9. The molecule has 3 unspecified atom stereocenters. The van der Waals surface area contributed by atoms with E-state index in [9.17, 15) is 14.7 Å². The number of thiophene rings is 1. The van der Waals surface area contributed by atoms with E-state index in [1.807, 2.05) is 11.4 Å². The molecule has 2 aromatic rings. The molecule has 156 valence electrons. The maximum absolute atomic E-state index is 12.9. The van der Waals surface area contributed by atoms with Crippen molar-refractivity contribution in [2.75, 3.05) is 26.7 Å². The lowest BCUT2D eigenvalue weighted by Gasteiger charge is -2.28. The third-order valence-electron chi connectivity index (χ3n) is 5.51.